The Hall–Kier alpha value is -1.60. The maximum Gasteiger partial charge on any atom is 0.240 e. The van der Waals surface area contributed by atoms with Crippen LogP contribution in [0, 0.1) is 5.41 Å². The van der Waals surface area contributed by atoms with Crippen molar-refractivity contribution in [3.8, 4) is 0 Å². The molecule has 1 aromatic carbocycles. The van der Waals surface area contributed by atoms with Crippen LogP contribution in [0.4, 0.5) is 0 Å². The van der Waals surface area contributed by atoms with Gasteiger partial charge in [0.15, 0.2) is 5.96 Å². The number of hydrogen-bond acceptors (Lipinski definition) is 3. The van der Waals surface area contributed by atoms with Gasteiger partial charge >= 0.3 is 0 Å². The molecule has 0 aromatic heterocycles. The molecule has 128 valence electrons. The van der Waals surface area contributed by atoms with Crippen LogP contribution >= 0.6 is 0 Å². The largest absolute Gasteiger partial charge is 0.352 e. The average molecular weight is 338 g/mol. The van der Waals surface area contributed by atoms with Crippen molar-refractivity contribution < 1.29 is 8.42 Å². The number of guanidine groups is 1. The molecule has 1 aliphatic rings. The Morgan fingerprint density at radius 3 is 2.43 bits per heavy atom. The van der Waals surface area contributed by atoms with Gasteiger partial charge in [-0.3, -0.25) is 4.99 Å². The first-order valence-electron chi connectivity index (χ1n) is 7.75. The molecular formula is C16H26N4O2S. The highest BCUT2D eigenvalue weighted by molar-refractivity contribution is 7.89. The van der Waals surface area contributed by atoms with Crippen LogP contribution in [-0.2, 0) is 16.6 Å². The van der Waals surface area contributed by atoms with E-state index in [2.05, 4.69) is 33.8 Å². The van der Waals surface area contributed by atoms with E-state index in [0.717, 1.165) is 31.0 Å². The van der Waals surface area contributed by atoms with E-state index in [0.29, 0.717) is 12.0 Å². The van der Waals surface area contributed by atoms with Crippen molar-refractivity contribution in [2.24, 2.45) is 10.4 Å². The normalized spacial score (nSPS) is 18.3. The van der Waals surface area contributed by atoms with Crippen molar-refractivity contribution in [1.29, 1.82) is 0 Å². The van der Waals surface area contributed by atoms with Crippen LogP contribution in [0.1, 0.15) is 25.8 Å². The third-order valence-electron chi connectivity index (χ3n) is 4.14. The third kappa shape index (κ3) is 4.45. The zero-order valence-electron chi connectivity index (χ0n) is 14.3. The number of hydrogen-bond donors (Lipinski definition) is 2. The summed E-state index contributed by atoms with van der Waals surface area (Å²) in [5, 5.41) is 3.35. The van der Waals surface area contributed by atoms with Gasteiger partial charge in [0.25, 0.3) is 0 Å². The van der Waals surface area contributed by atoms with Gasteiger partial charge in [0.2, 0.25) is 10.0 Å². The summed E-state index contributed by atoms with van der Waals surface area (Å²) >= 11 is 0. The van der Waals surface area contributed by atoms with E-state index in [1.54, 1.807) is 19.2 Å². The van der Waals surface area contributed by atoms with Gasteiger partial charge in [0.1, 0.15) is 0 Å². The number of sulfonamides is 1. The Kier molecular flexibility index (Phi) is 5.31. The van der Waals surface area contributed by atoms with Crippen LogP contribution in [0.2, 0.25) is 0 Å². The van der Waals surface area contributed by atoms with Crippen molar-refractivity contribution in [2.45, 2.75) is 31.7 Å². The molecule has 0 saturated carbocycles. The standard InChI is InChI=1S/C16H26N4O2S/c1-16(2)9-10-20(12-16)15(17-3)19-11-13-5-7-14(8-6-13)23(21,22)18-4/h5-8,18H,9-12H2,1-4H3,(H,17,19). The van der Waals surface area contributed by atoms with Gasteiger partial charge in [-0.05, 0) is 36.6 Å². The highest BCUT2D eigenvalue weighted by atomic mass is 32.2. The van der Waals surface area contributed by atoms with E-state index in [4.69, 9.17) is 0 Å². The molecule has 0 amide bonds. The topological polar surface area (TPSA) is 73.8 Å². The van der Waals surface area contributed by atoms with Crippen molar-refractivity contribution >= 4 is 16.0 Å². The molecular weight excluding hydrogens is 312 g/mol. The first-order valence-corrected chi connectivity index (χ1v) is 9.24. The summed E-state index contributed by atoms with van der Waals surface area (Å²) < 4.78 is 25.7. The Morgan fingerprint density at radius 2 is 1.96 bits per heavy atom. The summed E-state index contributed by atoms with van der Waals surface area (Å²) in [6.07, 6.45) is 1.16. The molecule has 1 aliphatic heterocycles. The summed E-state index contributed by atoms with van der Waals surface area (Å²) in [6.45, 7) is 7.14. The summed E-state index contributed by atoms with van der Waals surface area (Å²) in [5.74, 6) is 0.891. The minimum atomic E-state index is -3.38. The van der Waals surface area contributed by atoms with Gasteiger partial charge in [0, 0.05) is 26.7 Å². The molecule has 2 rings (SSSR count). The van der Waals surface area contributed by atoms with E-state index in [9.17, 15) is 8.42 Å². The molecule has 0 aliphatic carbocycles. The fourth-order valence-electron chi connectivity index (χ4n) is 2.71. The lowest BCUT2D eigenvalue weighted by Gasteiger charge is -2.23. The van der Waals surface area contributed by atoms with E-state index in [-0.39, 0.29) is 4.90 Å². The van der Waals surface area contributed by atoms with Crippen molar-refractivity contribution in [1.82, 2.24) is 14.9 Å². The summed E-state index contributed by atoms with van der Waals surface area (Å²) in [6, 6.07) is 6.87. The summed E-state index contributed by atoms with van der Waals surface area (Å²) in [7, 11) is -0.182. The molecule has 1 fully saturated rings. The van der Waals surface area contributed by atoms with Gasteiger partial charge < -0.3 is 10.2 Å². The lowest BCUT2D eigenvalue weighted by Crippen LogP contribution is -2.40. The zero-order chi connectivity index (χ0) is 17.1. The second-order valence-corrected chi connectivity index (χ2v) is 8.47. The predicted molar refractivity (Wildman–Crippen MR) is 92.9 cm³/mol. The van der Waals surface area contributed by atoms with Gasteiger partial charge in [-0.25, -0.2) is 13.1 Å². The molecule has 1 aromatic rings. The summed E-state index contributed by atoms with van der Waals surface area (Å²) in [4.78, 5) is 6.88. The number of likely N-dealkylation sites (tertiary alicyclic amines) is 1. The third-order valence-corrected chi connectivity index (χ3v) is 5.57. The minimum Gasteiger partial charge on any atom is -0.352 e. The molecule has 7 heteroatoms. The zero-order valence-corrected chi connectivity index (χ0v) is 15.1. The predicted octanol–water partition coefficient (Wildman–Crippen LogP) is 1.40. The molecule has 0 unspecified atom stereocenters. The van der Waals surface area contributed by atoms with Crippen LogP contribution in [0.5, 0.6) is 0 Å². The van der Waals surface area contributed by atoms with Crippen LogP contribution in [0.25, 0.3) is 0 Å². The maximum atomic E-state index is 11.7. The number of aliphatic imine (C=N–C) groups is 1. The lowest BCUT2D eigenvalue weighted by molar-refractivity contribution is 0.370. The number of nitrogens with one attached hydrogen (secondary N) is 2. The highest BCUT2D eigenvalue weighted by Crippen LogP contribution is 2.28. The minimum absolute atomic E-state index is 0.273. The van der Waals surface area contributed by atoms with E-state index in [1.165, 1.54) is 7.05 Å². The lowest BCUT2D eigenvalue weighted by atomic mass is 9.93. The number of nitrogens with zero attached hydrogens (tertiary/aromatic N) is 2. The SMILES string of the molecule is CN=C(NCc1ccc(S(=O)(=O)NC)cc1)N1CCC(C)(C)C1. The molecule has 0 spiro atoms. The molecule has 23 heavy (non-hydrogen) atoms. The number of benzene rings is 1. The van der Waals surface area contributed by atoms with Crippen LogP contribution < -0.4 is 10.0 Å². The van der Waals surface area contributed by atoms with Gasteiger partial charge in [-0.2, -0.15) is 0 Å². The second-order valence-electron chi connectivity index (χ2n) is 6.59. The molecule has 0 atom stereocenters. The van der Waals surface area contributed by atoms with Crippen LogP contribution in [-0.4, -0.2) is 46.5 Å². The van der Waals surface area contributed by atoms with Gasteiger partial charge in [-0.15, -0.1) is 0 Å². The van der Waals surface area contributed by atoms with E-state index in [1.807, 2.05) is 12.1 Å². The van der Waals surface area contributed by atoms with E-state index >= 15 is 0 Å². The smallest absolute Gasteiger partial charge is 0.240 e. The van der Waals surface area contributed by atoms with Crippen LogP contribution in [0.15, 0.2) is 34.2 Å². The first-order chi connectivity index (χ1) is 10.8. The van der Waals surface area contributed by atoms with Gasteiger partial charge in [-0.1, -0.05) is 26.0 Å². The maximum absolute atomic E-state index is 11.7. The molecule has 1 saturated heterocycles. The molecule has 0 bridgehead atoms. The van der Waals surface area contributed by atoms with Crippen molar-refractivity contribution in [3.05, 3.63) is 29.8 Å². The highest BCUT2D eigenvalue weighted by Gasteiger charge is 2.30. The van der Waals surface area contributed by atoms with E-state index < -0.39 is 10.0 Å². The fourth-order valence-corrected chi connectivity index (χ4v) is 3.44. The van der Waals surface area contributed by atoms with Gasteiger partial charge in [0.05, 0.1) is 4.90 Å². The number of rotatable bonds is 4. The molecule has 6 nitrogen and oxygen atoms in total. The first kappa shape index (κ1) is 17.7. The Balaban J connectivity index is 1.98. The van der Waals surface area contributed by atoms with Crippen molar-refractivity contribution in [2.75, 3.05) is 27.2 Å². The fraction of sp³-hybridized carbons (Fsp3) is 0.562. The summed E-state index contributed by atoms with van der Waals surface area (Å²) in [5.41, 5.74) is 1.33. The second kappa shape index (κ2) is 6.88. The Labute approximate surface area is 139 Å². The molecule has 0 radical (unpaired) electrons. The Morgan fingerprint density at radius 1 is 1.30 bits per heavy atom. The molecule has 1 heterocycles. The quantitative estimate of drug-likeness (QED) is 0.643. The monoisotopic (exact) mass is 338 g/mol. The van der Waals surface area contributed by atoms with Crippen molar-refractivity contribution in [3.63, 3.8) is 0 Å². The molecule has 2 N–H and O–H groups in total. The average Bonchev–Trinajstić information content (AvgIpc) is 2.88. The van der Waals surface area contributed by atoms with Crippen LogP contribution in [0.3, 0.4) is 0 Å². The Bertz CT molecular complexity index is 666.